The van der Waals surface area contributed by atoms with Crippen LogP contribution in [0.3, 0.4) is 0 Å². The van der Waals surface area contributed by atoms with Crippen molar-refractivity contribution in [2.45, 2.75) is 26.5 Å². The first-order chi connectivity index (χ1) is 7.04. The van der Waals surface area contributed by atoms with Crippen LogP contribution in [0, 0.1) is 0 Å². The first-order valence-corrected chi connectivity index (χ1v) is 4.77. The molecule has 0 atom stereocenters. The molecule has 0 saturated carbocycles. The molecule has 4 heteroatoms. The SMILES string of the molecule is CC(C)Oc1cc(C(=O)O)ccc1CN. The summed E-state index contributed by atoms with van der Waals surface area (Å²) in [6, 6.07) is 4.71. The summed E-state index contributed by atoms with van der Waals surface area (Å²) in [5, 5.41) is 8.82. The van der Waals surface area contributed by atoms with Gasteiger partial charge in [0.15, 0.2) is 0 Å². The number of carboxylic acids is 1. The van der Waals surface area contributed by atoms with Gasteiger partial charge >= 0.3 is 5.97 Å². The zero-order valence-corrected chi connectivity index (χ0v) is 8.86. The predicted octanol–water partition coefficient (Wildman–Crippen LogP) is 1.63. The van der Waals surface area contributed by atoms with Crippen LogP contribution >= 0.6 is 0 Å². The Morgan fingerprint density at radius 1 is 1.53 bits per heavy atom. The van der Waals surface area contributed by atoms with Gasteiger partial charge in [-0.15, -0.1) is 0 Å². The van der Waals surface area contributed by atoms with Crippen LogP contribution in [-0.4, -0.2) is 17.2 Å². The molecular formula is C11H15NO3. The van der Waals surface area contributed by atoms with E-state index in [1.54, 1.807) is 6.07 Å². The molecule has 0 bridgehead atoms. The van der Waals surface area contributed by atoms with E-state index in [1.165, 1.54) is 12.1 Å². The van der Waals surface area contributed by atoms with E-state index >= 15 is 0 Å². The standard InChI is InChI=1S/C11H15NO3/c1-7(2)15-10-5-8(11(13)14)3-4-9(10)6-12/h3-5,7H,6,12H2,1-2H3,(H,13,14). The Bertz CT molecular complexity index is 361. The minimum absolute atomic E-state index is 0.000607. The normalized spacial score (nSPS) is 10.4. The summed E-state index contributed by atoms with van der Waals surface area (Å²) in [6.07, 6.45) is -0.000607. The van der Waals surface area contributed by atoms with Crippen molar-refractivity contribution in [1.82, 2.24) is 0 Å². The largest absolute Gasteiger partial charge is 0.491 e. The van der Waals surface area contributed by atoms with Gasteiger partial charge in [0.2, 0.25) is 0 Å². The average Bonchev–Trinajstić information content (AvgIpc) is 2.16. The lowest BCUT2D eigenvalue weighted by atomic mass is 10.1. The van der Waals surface area contributed by atoms with Crippen LogP contribution in [0.4, 0.5) is 0 Å². The summed E-state index contributed by atoms with van der Waals surface area (Å²) < 4.78 is 5.48. The lowest BCUT2D eigenvalue weighted by Crippen LogP contribution is -2.10. The highest BCUT2D eigenvalue weighted by molar-refractivity contribution is 5.88. The second-order valence-corrected chi connectivity index (χ2v) is 3.50. The molecule has 1 aromatic rings. The third-order valence-electron chi connectivity index (χ3n) is 1.90. The number of hydrogen-bond donors (Lipinski definition) is 2. The molecule has 0 unspecified atom stereocenters. The number of hydrogen-bond acceptors (Lipinski definition) is 3. The van der Waals surface area contributed by atoms with Gasteiger partial charge in [0.05, 0.1) is 11.7 Å². The first kappa shape index (κ1) is 11.5. The lowest BCUT2D eigenvalue weighted by Gasteiger charge is -2.13. The highest BCUT2D eigenvalue weighted by Crippen LogP contribution is 2.21. The van der Waals surface area contributed by atoms with E-state index in [0.29, 0.717) is 12.3 Å². The van der Waals surface area contributed by atoms with Gasteiger partial charge in [-0.25, -0.2) is 4.79 Å². The van der Waals surface area contributed by atoms with Crippen LogP contribution in [0.2, 0.25) is 0 Å². The molecule has 15 heavy (non-hydrogen) atoms. The summed E-state index contributed by atoms with van der Waals surface area (Å²) in [4.78, 5) is 10.8. The van der Waals surface area contributed by atoms with Gasteiger partial charge in [-0.05, 0) is 26.0 Å². The van der Waals surface area contributed by atoms with Gasteiger partial charge in [-0.3, -0.25) is 0 Å². The van der Waals surface area contributed by atoms with Crippen LogP contribution in [0.15, 0.2) is 18.2 Å². The van der Waals surface area contributed by atoms with Crippen molar-refractivity contribution < 1.29 is 14.6 Å². The molecule has 0 aliphatic rings. The summed E-state index contributed by atoms with van der Waals surface area (Å²) in [5.41, 5.74) is 6.55. The summed E-state index contributed by atoms with van der Waals surface area (Å²) in [6.45, 7) is 4.10. The minimum atomic E-state index is -0.966. The Labute approximate surface area is 88.7 Å². The highest BCUT2D eigenvalue weighted by Gasteiger charge is 2.09. The third kappa shape index (κ3) is 2.95. The van der Waals surface area contributed by atoms with Crippen LogP contribution in [-0.2, 0) is 6.54 Å². The Kier molecular flexibility index (Phi) is 3.68. The van der Waals surface area contributed by atoms with E-state index in [4.69, 9.17) is 15.6 Å². The molecule has 0 saturated heterocycles. The number of nitrogens with two attached hydrogens (primary N) is 1. The number of benzene rings is 1. The maximum Gasteiger partial charge on any atom is 0.335 e. The van der Waals surface area contributed by atoms with E-state index in [2.05, 4.69) is 0 Å². The van der Waals surface area contributed by atoms with E-state index in [1.807, 2.05) is 13.8 Å². The van der Waals surface area contributed by atoms with Crippen molar-refractivity contribution in [2.75, 3.05) is 0 Å². The molecule has 3 N–H and O–H groups in total. The molecule has 4 nitrogen and oxygen atoms in total. The number of ether oxygens (including phenoxy) is 1. The molecule has 0 amide bonds. The monoisotopic (exact) mass is 209 g/mol. The fraction of sp³-hybridized carbons (Fsp3) is 0.364. The van der Waals surface area contributed by atoms with Crippen LogP contribution in [0.1, 0.15) is 29.8 Å². The van der Waals surface area contributed by atoms with E-state index in [-0.39, 0.29) is 11.7 Å². The second-order valence-electron chi connectivity index (χ2n) is 3.50. The van der Waals surface area contributed by atoms with E-state index in [0.717, 1.165) is 5.56 Å². The first-order valence-electron chi connectivity index (χ1n) is 4.77. The Morgan fingerprint density at radius 3 is 2.67 bits per heavy atom. The fourth-order valence-electron chi connectivity index (χ4n) is 1.22. The number of carbonyl (C=O) groups is 1. The quantitative estimate of drug-likeness (QED) is 0.790. The maximum atomic E-state index is 10.8. The predicted molar refractivity (Wildman–Crippen MR) is 57.1 cm³/mol. The zero-order valence-electron chi connectivity index (χ0n) is 8.86. The lowest BCUT2D eigenvalue weighted by molar-refractivity contribution is 0.0696. The molecular weight excluding hydrogens is 194 g/mol. The molecule has 1 rings (SSSR count). The molecule has 0 aliphatic carbocycles. The van der Waals surface area contributed by atoms with Crippen molar-refractivity contribution in [3.05, 3.63) is 29.3 Å². The third-order valence-corrected chi connectivity index (χ3v) is 1.90. The maximum absolute atomic E-state index is 10.8. The van der Waals surface area contributed by atoms with Crippen LogP contribution < -0.4 is 10.5 Å². The average molecular weight is 209 g/mol. The number of aromatic carboxylic acids is 1. The molecule has 0 spiro atoms. The summed E-state index contributed by atoms with van der Waals surface area (Å²) in [5.74, 6) is -0.417. The van der Waals surface area contributed by atoms with Crippen LogP contribution in [0.5, 0.6) is 5.75 Å². The van der Waals surface area contributed by atoms with E-state index < -0.39 is 5.97 Å². The van der Waals surface area contributed by atoms with Crippen molar-refractivity contribution in [3.63, 3.8) is 0 Å². The van der Waals surface area contributed by atoms with Gasteiger partial charge < -0.3 is 15.6 Å². The van der Waals surface area contributed by atoms with Gasteiger partial charge in [0, 0.05) is 12.1 Å². The van der Waals surface area contributed by atoms with Gasteiger partial charge in [-0.2, -0.15) is 0 Å². The molecule has 82 valence electrons. The van der Waals surface area contributed by atoms with Crippen molar-refractivity contribution in [3.8, 4) is 5.75 Å². The number of carboxylic acid groups (broad SMARTS) is 1. The molecule has 1 aromatic carbocycles. The van der Waals surface area contributed by atoms with Crippen LogP contribution in [0.25, 0.3) is 0 Å². The van der Waals surface area contributed by atoms with Gasteiger partial charge in [0.1, 0.15) is 5.75 Å². The Morgan fingerprint density at radius 2 is 2.20 bits per heavy atom. The Balaban J connectivity index is 3.07. The molecule has 0 heterocycles. The highest BCUT2D eigenvalue weighted by atomic mass is 16.5. The second kappa shape index (κ2) is 4.79. The van der Waals surface area contributed by atoms with Crippen molar-refractivity contribution in [1.29, 1.82) is 0 Å². The molecule has 0 radical (unpaired) electrons. The summed E-state index contributed by atoms with van der Waals surface area (Å²) >= 11 is 0. The zero-order chi connectivity index (χ0) is 11.4. The minimum Gasteiger partial charge on any atom is -0.491 e. The Hall–Kier alpha value is -1.55. The smallest absolute Gasteiger partial charge is 0.335 e. The fourth-order valence-corrected chi connectivity index (χ4v) is 1.22. The topological polar surface area (TPSA) is 72.5 Å². The number of rotatable bonds is 4. The molecule has 0 aromatic heterocycles. The van der Waals surface area contributed by atoms with E-state index in [9.17, 15) is 4.79 Å². The van der Waals surface area contributed by atoms with Gasteiger partial charge in [-0.1, -0.05) is 6.07 Å². The molecule has 0 fully saturated rings. The van der Waals surface area contributed by atoms with Crippen molar-refractivity contribution in [2.24, 2.45) is 5.73 Å². The van der Waals surface area contributed by atoms with Gasteiger partial charge in [0.25, 0.3) is 0 Å². The van der Waals surface area contributed by atoms with Crippen molar-refractivity contribution >= 4 is 5.97 Å². The molecule has 0 aliphatic heterocycles. The summed E-state index contributed by atoms with van der Waals surface area (Å²) in [7, 11) is 0.